The van der Waals surface area contributed by atoms with Gasteiger partial charge in [0.05, 0.1) is 11.5 Å². The number of aryl methyl sites for hydroxylation is 2. The van der Waals surface area contributed by atoms with Gasteiger partial charge in [-0.1, -0.05) is 0 Å². The first-order valence-electron chi connectivity index (χ1n) is 6.20. The van der Waals surface area contributed by atoms with Crippen LogP contribution in [0.3, 0.4) is 0 Å². The quantitative estimate of drug-likeness (QED) is 0.601. The molecule has 21 heavy (non-hydrogen) atoms. The minimum Gasteiger partial charge on any atom is -0.483 e. The van der Waals surface area contributed by atoms with Crippen molar-refractivity contribution in [1.82, 2.24) is 5.32 Å². The van der Waals surface area contributed by atoms with Crippen LogP contribution in [0, 0.1) is 13.8 Å². The SMILES string of the molecule is COCCNC(=O)COc1c(C)cc(S(=O)(=O)Cl)cc1C. The summed E-state index contributed by atoms with van der Waals surface area (Å²) in [6, 6.07) is 2.82. The fourth-order valence-corrected chi connectivity index (χ4v) is 2.66. The molecule has 1 aromatic carbocycles. The summed E-state index contributed by atoms with van der Waals surface area (Å²) >= 11 is 0. The molecule has 0 spiro atoms. The van der Waals surface area contributed by atoms with Crippen LogP contribution in [0.1, 0.15) is 11.1 Å². The van der Waals surface area contributed by atoms with Gasteiger partial charge < -0.3 is 14.8 Å². The van der Waals surface area contributed by atoms with Gasteiger partial charge in [0.25, 0.3) is 15.0 Å². The van der Waals surface area contributed by atoms with E-state index in [-0.39, 0.29) is 17.4 Å². The zero-order valence-electron chi connectivity index (χ0n) is 12.1. The lowest BCUT2D eigenvalue weighted by Crippen LogP contribution is -2.31. The van der Waals surface area contributed by atoms with E-state index in [1.165, 1.54) is 12.1 Å². The zero-order valence-corrected chi connectivity index (χ0v) is 13.7. The minimum absolute atomic E-state index is 0.0102. The van der Waals surface area contributed by atoms with Gasteiger partial charge in [-0.2, -0.15) is 0 Å². The minimum atomic E-state index is -3.79. The molecular weight excluding hydrogens is 318 g/mol. The van der Waals surface area contributed by atoms with Crippen molar-refractivity contribution in [2.24, 2.45) is 0 Å². The number of halogens is 1. The molecule has 8 heteroatoms. The normalized spacial score (nSPS) is 11.2. The third-order valence-corrected chi connectivity index (χ3v) is 4.02. The largest absolute Gasteiger partial charge is 0.483 e. The second kappa shape index (κ2) is 7.63. The Morgan fingerprint density at radius 2 is 1.86 bits per heavy atom. The Kier molecular flexibility index (Phi) is 6.44. The van der Waals surface area contributed by atoms with Crippen LogP contribution in [0.15, 0.2) is 17.0 Å². The molecule has 6 nitrogen and oxygen atoms in total. The maximum atomic E-state index is 11.5. The molecule has 118 valence electrons. The lowest BCUT2D eigenvalue weighted by Gasteiger charge is -2.13. The van der Waals surface area contributed by atoms with Gasteiger partial charge in [-0.25, -0.2) is 8.42 Å². The van der Waals surface area contributed by atoms with Crippen molar-refractivity contribution in [2.75, 3.05) is 26.9 Å². The highest BCUT2D eigenvalue weighted by molar-refractivity contribution is 8.13. The number of ether oxygens (including phenoxy) is 2. The van der Waals surface area contributed by atoms with E-state index in [1.54, 1.807) is 21.0 Å². The second-order valence-electron chi connectivity index (χ2n) is 4.46. The molecule has 0 aromatic heterocycles. The van der Waals surface area contributed by atoms with Crippen molar-refractivity contribution in [1.29, 1.82) is 0 Å². The van der Waals surface area contributed by atoms with Crippen molar-refractivity contribution in [3.8, 4) is 5.75 Å². The van der Waals surface area contributed by atoms with E-state index in [9.17, 15) is 13.2 Å². The third kappa shape index (κ3) is 5.53. The van der Waals surface area contributed by atoms with Crippen molar-refractivity contribution in [2.45, 2.75) is 18.7 Å². The Labute approximate surface area is 128 Å². The van der Waals surface area contributed by atoms with Crippen LogP contribution in [0.2, 0.25) is 0 Å². The molecule has 0 fully saturated rings. The molecule has 0 heterocycles. The molecule has 0 unspecified atom stereocenters. The molecule has 0 atom stereocenters. The van der Waals surface area contributed by atoms with Crippen molar-refractivity contribution in [3.05, 3.63) is 23.3 Å². The number of carbonyl (C=O) groups excluding carboxylic acids is 1. The van der Waals surface area contributed by atoms with Gasteiger partial charge in [-0.3, -0.25) is 4.79 Å². The van der Waals surface area contributed by atoms with Crippen LogP contribution in [0.4, 0.5) is 0 Å². The van der Waals surface area contributed by atoms with Gasteiger partial charge in [0.15, 0.2) is 6.61 Å². The van der Waals surface area contributed by atoms with E-state index < -0.39 is 9.05 Å². The molecule has 1 amide bonds. The van der Waals surface area contributed by atoms with Gasteiger partial charge in [0.1, 0.15) is 5.75 Å². The Morgan fingerprint density at radius 3 is 2.33 bits per heavy atom. The molecule has 1 aromatic rings. The number of amides is 1. The van der Waals surface area contributed by atoms with E-state index in [0.29, 0.717) is 30.0 Å². The highest BCUT2D eigenvalue weighted by atomic mass is 35.7. The standard InChI is InChI=1S/C13H18ClNO5S/c1-9-6-11(21(14,17)18)7-10(2)13(9)20-8-12(16)15-4-5-19-3/h6-7H,4-5,8H2,1-3H3,(H,15,16). The summed E-state index contributed by atoms with van der Waals surface area (Å²) in [7, 11) is 3.06. The Morgan fingerprint density at radius 1 is 1.29 bits per heavy atom. The molecule has 0 bridgehead atoms. The van der Waals surface area contributed by atoms with E-state index in [1.807, 2.05) is 0 Å². The van der Waals surface area contributed by atoms with E-state index in [0.717, 1.165) is 0 Å². The number of benzene rings is 1. The van der Waals surface area contributed by atoms with E-state index in [2.05, 4.69) is 5.32 Å². The van der Waals surface area contributed by atoms with Crippen molar-refractivity contribution < 1.29 is 22.7 Å². The number of hydrogen-bond donors (Lipinski definition) is 1. The number of carbonyl (C=O) groups is 1. The van der Waals surface area contributed by atoms with E-state index >= 15 is 0 Å². The number of rotatable bonds is 7. The monoisotopic (exact) mass is 335 g/mol. The maximum Gasteiger partial charge on any atom is 0.261 e. The van der Waals surface area contributed by atoms with Crippen molar-refractivity contribution >= 4 is 25.6 Å². The average Bonchev–Trinajstić information content (AvgIpc) is 2.36. The molecule has 1 N–H and O–H groups in total. The van der Waals surface area contributed by atoms with Crippen LogP contribution in [0.25, 0.3) is 0 Å². The van der Waals surface area contributed by atoms with Crippen molar-refractivity contribution in [3.63, 3.8) is 0 Å². The summed E-state index contributed by atoms with van der Waals surface area (Å²) in [5, 5.41) is 2.62. The first kappa shape index (κ1) is 17.7. The molecule has 0 radical (unpaired) electrons. The lowest BCUT2D eigenvalue weighted by atomic mass is 10.1. The lowest BCUT2D eigenvalue weighted by molar-refractivity contribution is -0.123. The first-order chi connectivity index (χ1) is 9.75. The Hall–Kier alpha value is -1.31. The van der Waals surface area contributed by atoms with Gasteiger partial charge in [0.2, 0.25) is 0 Å². The van der Waals surface area contributed by atoms with E-state index in [4.69, 9.17) is 20.2 Å². The van der Waals surface area contributed by atoms with Crippen LogP contribution in [0.5, 0.6) is 5.75 Å². The molecule has 0 saturated heterocycles. The van der Waals surface area contributed by atoms with Crippen LogP contribution in [-0.4, -0.2) is 41.2 Å². The molecular formula is C13H18ClNO5S. The van der Waals surface area contributed by atoms with Gasteiger partial charge in [-0.15, -0.1) is 0 Å². The summed E-state index contributed by atoms with van der Waals surface area (Å²) in [4.78, 5) is 11.5. The summed E-state index contributed by atoms with van der Waals surface area (Å²) in [6.07, 6.45) is 0. The third-order valence-electron chi connectivity index (χ3n) is 2.69. The second-order valence-corrected chi connectivity index (χ2v) is 7.02. The molecule has 0 aliphatic carbocycles. The van der Waals surface area contributed by atoms with Crippen LogP contribution in [-0.2, 0) is 18.6 Å². The van der Waals surface area contributed by atoms with Gasteiger partial charge in [0, 0.05) is 24.3 Å². The fraction of sp³-hybridized carbons (Fsp3) is 0.462. The summed E-state index contributed by atoms with van der Waals surface area (Å²) in [5.41, 5.74) is 1.19. The van der Waals surface area contributed by atoms with Gasteiger partial charge >= 0.3 is 0 Å². The Bertz CT molecular complexity index is 592. The fourth-order valence-electron chi connectivity index (χ4n) is 1.76. The molecule has 0 aliphatic rings. The average molecular weight is 336 g/mol. The van der Waals surface area contributed by atoms with Crippen LogP contribution < -0.4 is 10.1 Å². The number of nitrogens with one attached hydrogen (secondary N) is 1. The summed E-state index contributed by atoms with van der Waals surface area (Å²) in [6.45, 7) is 4.05. The first-order valence-corrected chi connectivity index (χ1v) is 8.51. The molecule has 0 saturated carbocycles. The molecule has 1 rings (SSSR count). The topological polar surface area (TPSA) is 81.7 Å². The highest BCUT2D eigenvalue weighted by Crippen LogP contribution is 2.28. The highest BCUT2D eigenvalue weighted by Gasteiger charge is 2.15. The predicted octanol–water partition coefficient (Wildman–Crippen LogP) is 1.37. The zero-order chi connectivity index (χ0) is 16.0. The number of methoxy groups -OCH3 is 1. The summed E-state index contributed by atoms with van der Waals surface area (Å²) in [5.74, 6) is 0.195. The Balaban J connectivity index is 2.75. The smallest absolute Gasteiger partial charge is 0.261 e. The maximum absolute atomic E-state index is 11.5. The predicted molar refractivity (Wildman–Crippen MR) is 79.3 cm³/mol. The van der Waals surface area contributed by atoms with Crippen LogP contribution >= 0.6 is 10.7 Å². The summed E-state index contributed by atoms with van der Waals surface area (Å²) < 4.78 is 32.9. The molecule has 0 aliphatic heterocycles. The van der Waals surface area contributed by atoms with Gasteiger partial charge in [-0.05, 0) is 37.1 Å². The number of hydrogen-bond acceptors (Lipinski definition) is 5.